The van der Waals surface area contributed by atoms with Gasteiger partial charge in [-0.25, -0.2) is 0 Å². The SMILES string of the molecule is Cc1cccc(CNC(=O)CC(=O)O)c1. The fraction of sp³-hybridized carbons (Fsp3) is 0.273. The summed E-state index contributed by atoms with van der Waals surface area (Å²) in [6.07, 6.45) is -0.480. The Hall–Kier alpha value is -1.84. The summed E-state index contributed by atoms with van der Waals surface area (Å²) in [6, 6.07) is 7.69. The second-order valence-corrected chi connectivity index (χ2v) is 3.34. The zero-order valence-electron chi connectivity index (χ0n) is 8.49. The number of carboxylic acid groups (broad SMARTS) is 1. The van der Waals surface area contributed by atoms with Crippen molar-refractivity contribution in [2.45, 2.75) is 19.9 Å². The third kappa shape index (κ3) is 4.26. The van der Waals surface area contributed by atoms with E-state index in [0.717, 1.165) is 11.1 Å². The van der Waals surface area contributed by atoms with Gasteiger partial charge in [0.2, 0.25) is 5.91 Å². The van der Waals surface area contributed by atoms with Gasteiger partial charge in [-0.05, 0) is 12.5 Å². The van der Waals surface area contributed by atoms with Gasteiger partial charge in [0.15, 0.2) is 0 Å². The van der Waals surface area contributed by atoms with Gasteiger partial charge in [0.25, 0.3) is 0 Å². The molecule has 0 heterocycles. The van der Waals surface area contributed by atoms with E-state index in [-0.39, 0.29) is 0 Å². The van der Waals surface area contributed by atoms with Crippen LogP contribution in [0.1, 0.15) is 17.5 Å². The van der Waals surface area contributed by atoms with E-state index in [1.165, 1.54) is 0 Å². The summed E-state index contributed by atoms with van der Waals surface area (Å²) in [5.74, 6) is -1.58. The lowest BCUT2D eigenvalue weighted by Crippen LogP contribution is -2.25. The van der Waals surface area contributed by atoms with Crippen LogP contribution < -0.4 is 5.32 Å². The van der Waals surface area contributed by atoms with Gasteiger partial charge in [-0.1, -0.05) is 29.8 Å². The average molecular weight is 207 g/mol. The van der Waals surface area contributed by atoms with E-state index in [9.17, 15) is 9.59 Å². The molecule has 0 aliphatic heterocycles. The maximum absolute atomic E-state index is 11.0. The molecule has 0 aliphatic carbocycles. The number of aryl methyl sites for hydroxylation is 1. The zero-order chi connectivity index (χ0) is 11.3. The predicted molar refractivity (Wildman–Crippen MR) is 55.3 cm³/mol. The first kappa shape index (κ1) is 11.2. The van der Waals surface area contributed by atoms with Crippen molar-refractivity contribution < 1.29 is 14.7 Å². The summed E-state index contributed by atoms with van der Waals surface area (Å²) < 4.78 is 0. The van der Waals surface area contributed by atoms with Crippen molar-refractivity contribution in [1.29, 1.82) is 0 Å². The Morgan fingerprint density at radius 3 is 2.73 bits per heavy atom. The molecule has 80 valence electrons. The lowest BCUT2D eigenvalue weighted by atomic mass is 10.1. The number of nitrogens with one attached hydrogen (secondary N) is 1. The van der Waals surface area contributed by atoms with Gasteiger partial charge in [-0.15, -0.1) is 0 Å². The number of amides is 1. The molecule has 0 radical (unpaired) electrons. The van der Waals surface area contributed by atoms with E-state index in [2.05, 4.69) is 5.32 Å². The van der Waals surface area contributed by atoms with E-state index >= 15 is 0 Å². The third-order valence-electron chi connectivity index (χ3n) is 1.88. The van der Waals surface area contributed by atoms with Gasteiger partial charge < -0.3 is 10.4 Å². The summed E-state index contributed by atoms with van der Waals surface area (Å²) in [7, 11) is 0. The van der Waals surface area contributed by atoms with E-state index in [0.29, 0.717) is 6.54 Å². The molecule has 4 nitrogen and oxygen atoms in total. The molecule has 1 aromatic rings. The number of carbonyl (C=O) groups excluding carboxylic acids is 1. The topological polar surface area (TPSA) is 66.4 Å². The van der Waals surface area contributed by atoms with Gasteiger partial charge in [-0.2, -0.15) is 0 Å². The molecule has 4 heteroatoms. The summed E-state index contributed by atoms with van der Waals surface area (Å²) in [4.78, 5) is 21.2. The van der Waals surface area contributed by atoms with Gasteiger partial charge in [0.05, 0.1) is 0 Å². The van der Waals surface area contributed by atoms with Gasteiger partial charge in [0, 0.05) is 6.54 Å². The fourth-order valence-electron chi connectivity index (χ4n) is 1.22. The van der Waals surface area contributed by atoms with Gasteiger partial charge >= 0.3 is 5.97 Å². The van der Waals surface area contributed by atoms with Crippen LogP contribution >= 0.6 is 0 Å². The minimum absolute atomic E-state index is 0.369. The van der Waals surface area contributed by atoms with Crippen LogP contribution in [-0.2, 0) is 16.1 Å². The van der Waals surface area contributed by atoms with Crippen LogP contribution in [0.3, 0.4) is 0 Å². The molecule has 0 saturated carbocycles. The van der Waals surface area contributed by atoms with Crippen molar-refractivity contribution in [1.82, 2.24) is 5.32 Å². The molecule has 0 aromatic heterocycles. The Morgan fingerprint density at radius 2 is 2.13 bits per heavy atom. The van der Waals surface area contributed by atoms with Crippen LogP contribution in [0.15, 0.2) is 24.3 Å². The monoisotopic (exact) mass is 207 g/mol. The Labute approximate surface area is 87.9 Å². The molecule has 1 aromatic carbocycles. The van der Waals surface area contributed by atoms with Crippen molar-refractivity contribution in [2.24, 2.45) is 0 Å². The van der Waals surface area contributed by atoms with Gasteiger partial charge in [-0.3, -0.25) is 9.59 Å². The second-order valence-electron chi connectivity index (χ2n) is 3.34. The van der Waals surface area contributed by atoms with Crippen LogP contribution in [0.25, 0.3) is 0 Å². The van der Waals surface area contributed by atoms with E-state index in [4.69, 9.17) is 5.11 Å². The highest BCUT2D eigenvalue weighted by molar-refractivity contribution is 5.93. The Bertz CT molecular complexity index is 374. The minimum Gasteiger partial charge on any atom is -0.481 e. The molecule has 0 fully saturated rings. The van der Waals surface area contributed by atoms with Crippen molar-refractivity contribution >= 4 is 11.9 Å². The van der Waals surface area contributed by atoms with Crippen molar-refractivity contribution in [3.63, 3.8) is 0 Å². The normalized spacial score (nSPS) is 9.67. The van der Waals surface area contributed by atoms with Crippen LogP contribution in [0.2, 0.25) is 0 Å². The van der Waals surface area contributed by atoms with Crippen LogP contribution in [0.5, 0.6) is 0 Å². The summed E-state index contributed by atoms with van der Waals surface area (Å²) in [5, 5.41) is 10.9. The smallest absolute Gasteiger partial charge is 0.312 e. The number of hydrogen-bond acceptors (Lipinski definition) is 2. The number of benzene rings is 1. The number of hydrogen-bond donors (Lipinski definition) is 2. The highest BCUT2D eigenvalue weighted by Crippen LogP contribution is 2.03. The van der Waals surface area contributed by atoms with Crippen molar-refractivity contribution in [3.8, 4) is 0 Å². The molecule has 2 N–H and O–H groups in total. The summed E-state index contributed by atoms with van der Waals surface area (Å²) in [6.45, 7) is 2.33. The Kier molecular flexibility index (Phi) is 3.85. The molecular formula is C11H13NO3. The van der Waals surface area contributed by atoms with E-state index in [1.54, 1.807) is 0 Å². The molecular weight excluding hydrogens is 194 g/mol. The Balaban J connectivity index is 2.43. The van der Waals surface area contributed by atoms with E-state index in [1.807, 2.05) is 31.2 Å². The highest BCUT2D eigenvalue weighted by atomic mass is 16.4. The average Bonchev–Trinajstić information content (AvgIpc) is 2.14. The lowest BCUT2D eigenvalue weighted by Gasteiger charge is -2.04. The van der Waals surface area contributed by atoms with Gasteiger partial charge in [0.1, 0.15) is 6.42 Å². The quantitative estimate of drug-likeness (QED) is 0.726. The minimum atomic E-state index is -1.11. The first-order chi connectivity index (χ1) is 7.08. The largest absolute Gasteiger partial charge is 0.481 e. The first-order valence-electron chi connectivity index (χ1n) is 4.62. The predicted octanol–water partition coefficient (Wildman–Crippen LogP) is 1.09. The maximum atomic E-state index is 11.0. The van der Waals surface area contributed by atoms with Crippen LogP contribution in [0, 0.1) is 6.92 Å². The Morgan fingerprint density at radius 1 is 1.40 bits per heavy atom. The van der Waals surface area contributed by atoms with Crippen LogP contribution in [-0.4, -0.2) is 17.0 Å². The highest BCUT2D eigenvalue weighted by Gasteiger charge is 2.06. The lowest BCUT2D eigenvalue weighted by molar-refractivity contribution is -0.140. The standard InChI is InChI=1S/C11H13NO3/c1-8-3-2-4-9(5-8)7-12-10(13)6-11(14)15/h2-5H,6-7H2,1H3,(H,12,13)(H,14,15). The number of rotatable bonds is 4. The van der Waals surface area contributed by atoms with E-state index < -0.39 is 18.3 Å². The van der Waals surface area contributed by atoms with Crippen LogP contribution in [0.4, 0.5) is 0 Å². The zero-order valence-corrected chi connectivity index (χ0v) is 8.49. The molecule has 0 unspecified atom stereocenters. The number of carboxylic acids is 1. The molecule has 0 spiro atoms. The summed E-state index contributed by atoms with van der Waals surface area (Å²) >= 11 is 0. The molecule has 0 saturated heterocycles. The first-order valence-corrected chi connectivity index (χ1v) is 4.62. The van der Waals surface area contributed by atoms with Crippen molar-refractivity contribution in [2.75, 3.05) is 0 Å². The maximum Gasteiger partial charge on any atom is 0.312 e. The number of carbonyl (C=O) groups is 2. The van der Waals surface area contributed by atoms with Crippen molar-refractivity contribution in [3.05, 3.63) is 35.4 Å². The third-order valence-corrected chi connectivity index (χ3v) is 1.88. The molecule has 1 rings (SSSR count). The molecule has 1 amide bonds. The molecule has 15 heavy (non-hydrogen) atoms. The number of aliphatic carboxylic acids is 1. The molecule has 0 aliphatic rings. The summed E-state index contributed by atoms with van der Waals surface area (Å²) in [5.41, 5.74) is 2.08. The fourth-order valence-corrected chi connectivity index (χ4v) is 1.22. The molecule has 0 atom stereocenters. The molecule has 0 bridgehead atoms. The second kappa shape index (κ2) is 5.14.